The molecule has 0 spiro atoms. The van der Waals surface area contributed by atoms with Crippen LogP contribution in [-0.2, 0) is 14.3 Å². The number of unbranched alkanes of at least 4 members (excludes halogenated alkanes) is 21. The van der Waals surface area contributed by atoms with E-state index in [-0.39, 0.29) is 12.6 Å². The van der Waals surface area contributed by atoms with E-state index in [1.165, 1.54) is 135 Å². The molecule has 0 rings (SSSR count). The van der Waals surface area contributed by atoms with Crippen LogP contribution in [0.15, 0.2) is 24.3 Å². The summed E-state index contributed by atoms with van der Waals surface area (Å²) in [5, 5.41) is 9.53. The lowest BCUT2D eigenvalue weighted by Gasteiger charge is -2.15. The van der Waals surface area contributed by atoms with Crippen LogP contribution in [0.25, 0.3) is 0 Å². The molecule has 1 atom stereocenters. The Hall–Kier alpha value is -1.13. The molecule has 0 radical (unpaired) electrons. The average molecular weight is 579 g/mol. The first-order valence-corrected chi connectivity index (χ1v) is 17.9. The number of hydrogen-bond donors (Lipinski definition) is 1. The fraction of sp³-hybridized carbons (Fsp3) is 0.865. The fourth-order valence-corrected chi connectivity index (χ4v) is 5.06. The lowest BCUT2D eigenvalue weighted by Crippen LogP contribution is -2.27. The Kier molecular flexibility index (Phi) is 34.1. The highest BCUT2D eigenvalue weighted by molar-refractivity contribution is 5.69. The summed E-state index contributed by atoms with van der Waals surface area (Å²) in [6, 6.07) is 0. The molecule has 0 aliphatic rings. The van der Waals surface area contributed by atoms with Gasteiger partial charge in [-0.05, 0) is 44.9 Å². The van der Waals surface area contributed by atoms with Crippen molar-refractivity contribution in [1.82, 2.24) is 0 Å². The highest BCUT2D eigenvalue weighted by Crippen LogP contribution is 2.13. The van der Waals surface area contributed by atoms with E-state index in [0.29, 0.717) is 19.6 Å². The molecule has 0 bridgehead atoms. The molecule has 0 aliphatic carbocycles. The quantitative estimate of drug-likeness (QED) is 0.0478. The number of aliphatic hydroxyl groups is 1. The van der Waals surface area contributed by atoms with Crippen molar-refractivity contribution in [3.63, 3.8) is 0 Å². The molecule has 0 aromatic rings. The molecule has 0 aromatic carbocycles. The maximum Gasteiger partial charge on any atom is 0.306 e. The molecule has 41 heavy (non-hydrogen) atoms. The van der Waals surface area contributed by atoms with Crippen LogP contribution in [0.5, 0.6) is 0 Å². The Bertz CT molecular complexity index is 571. The number of allylic oxidation sites excluding steroid dienone is 4. The minimum Gasteiger partial charge on any atom is -0.457 e. The van der Waals surface area contributed by atoms with Crippen molar-refractivity contribution in [3.8, 4) is 0 Å². The zero-order chi connectivity index (χ0) is 29.9. The Balaban J connectivity index is 3.45. The second-order valence-corrected chi connectivity index (χ2v) is 11.9. The van der Waals surface area contributed by atoms with Gasteiger partial charge in [0.05, 0.1) is 13.2 Å². The van der Waals surface area contributed by atoms with Gasteiger partial charge in [-0.2, -0.15) is 0 Å². The monoisotopic (exact) mass is 579 g/mol. The van der Waals surface area contributed by atoms with Gasteiger partial charge in [0.2, 0.25) is 0 Å². The molecule has 0 aliphatic heterocycles. The Morgan fingerprint density at radius 1 is 0.585 bits per heavy atom. The molecule has 4 nitrogen and oxygen atoms in total. The van der Waals surface area contributed by atoms with Gasteiger partial charge in [0.25, 0.3) is 0 Å². The first kappa shape index (κ1) is 39.9. The van der Waals surface area contributed by atoms with Gasteiger partial charge in [-0.1, -0.05) is 154 Å². The maximum atomic E-state index is 12.1. The lowest BCUT2D eigenvalue weighted by atomic mass is 10.0. The SMILES string of the molecule is CCCCCC/C=C\C/C=C\CCCCCCCCOCC(CO)OC(=O)CCCCCCCCCCCCCC. The summed E-state index contributed by atoms with van der Waals surface area (Å²) in [7, 11) is 0. The van der Waals surface area contributed by atoms with Gasteiger partial charge in [-0.3, -0.25) is 4.79 Å². The van der Waals surface area contributed by atoms with E-state index in [1.807, 2.05) is 0 Å². The van der Waals surface area contributed by atoms with E-state index in [9.17, 15) is 9.90 Å². The van der Waals surface area contributed by atoms with Gasteiger partial charge in [0.15, 0.2) is 0 Å². The third kappa shape index (κ3) is 33.2. The van der Waals surface area contributed by atoms with E-state index in [2.05, 4.69) is 38.2 Å². The van der Waals surface area contributed by atoms with Crippen LogP contribution in [-0.4, -0.2) is 37.0 Å². The van der Waals surface area contributed by atoms with E-state index < -0.39 is 6.10 Å². The van der Waals surface area contributed by atoms with Gasteiger partial charge in [0, 0.05) is 13.0 Å². The Morgan fingerprint density at radius 3 is 1.54 bits per heavy atom. The molecule has 0 aromatic heterocycles. The van der Waals surface area contributed by atoms with E-state index in [1.54, 1.807) is 0 Å². The van der Waals surface area contributed by atoms with E-state index in [0.717, 1.165) is 25.7 Å². The maximum absolute atomic E-state index is 12.1. The molecule has 0 saturated carbocycles. The lowest BCUT2D eigenvalue weighted by molar-refractivity contribution is -0.154. The summed E-state index contributed by atoms with van der Waals surface area (Å²) >= 11 is 0. The highest BCUT2D eigenvalue weighted by atomic mass is 16.6. The van der Waals surface area contributed by atoms with Crippen molar-refractivity contribution in [2.24, 2.45) is 0 Å². The first-order chi connectivity index (χ1) is 20.2. The van der Waals surface area contributed by atoms with Crippen LogP contribution < -0.4 is 0 Å². The second-order valence-electron chi connectivity index (χ2n) is 11.9. The molecule has 1 N–H and O–H groups in total. The Labute approximate surface area is 256 Å². The number of carbonyl (C=O) groups is 1. The fourth-order valence-electron chi connectivity index (χ4n) is 5.06. The molecular formula is C37H70O4. The summed E-state index contributed by atoms with van der Waals surface area (Å²) in [5.74, 6) is -0.205. The molecule has 0 amide bonds. The van der Waals surface area contributed by atoms with Crippen LogP contribution in [0, 0.1) is 0 Å². The number of carbonyl (C=O) groups excluding carboxylic acids is 1. The second kappa shape index (κ2) is 35.1. The topological polar surface area (TPSA) is 55.8 Å². The smallest absolute Gasteiger partial charge is 0.306 e. The zero-order valence-electron chi connectivity index (χ0n) is 27.6. The normalized spacial score (nSPS) is 12.6. The van der Waals surface area contributed by atoms with Crippen LogP contribution in [0.3, 0.4) is 0 Å². The van der Waals surface area contributed by atoms with Crippen LogP contribution in [0.4, 0.5) is 0 Å². The van der Waals surface area contributed by atoms with Crippen molar-refractivity contribution in [3.05, 3.63) is 24.3 Å². The summed E-state index contributed by atoms with van der Waals surface area (Å²) in [4.78, 5) is 12.1. The van der Waals surface area contributed by atoms with Gasteiger partial charge in [-0.15, -0.1) is 0 Å². The summed E-state index contributed by atoms with van der Waals surface area (Å²) in [5.41, 5.74) is 0. The molecule has 0 fully saturated rings. The van der Waals surface area contributed by atoms with E-state index in [4.69, 9.17) is 9.47 Å². The largest absolute Gasteiger partial charge is 0.457 e. The van der Waals surface area contributed by atoms with Crippen LogP contribution in [0.2, 0.25) is 0 Å². The standard InChI is InChI=1S/C37H70O4/c1-3-5-7-9-11-13-15-17-18-19-20-21-23-25-27-29-31-33-40-35-36(34-38)41-37(39)32-30-28-26-24-22-16-14-12-10-8-6-4-2/h13,15,18-19,36,38H,3-12,14,16-17,20-35H2,1-2H3/b15-13-,19-18-. The van der Waals surface area contributed by atoms with E-state index >= 15 is 0 Å². The Morgan fingerprint density at radius 2 is 1.02 bits per heavy atom. The predicted octanol–water partition coefficient (Wildman–Crippen LogP) is 11.2. The van der Waals surface area contributed by atoms with Crippen molar-refractivity contribution >= 4 is 5.97 Å². The van der Waals surface area contributed by atoms with Gasteiger partial charge in [-0.25, -0.2) is 0 Å². The number of rotatable bonds is 33. The molecule has 0 saturated heterocycles. The van der Waals surface area contributed by atoms with Crippen molar-refractivity contribution in [2.75, 3.05) is 19.8 Å². The van der Waals surface area contributed by atoms with Crippen molar-refractivity contribution in [2.45, 2.75) is 187 Å². The zero-order valence-corrected chi connectivity index (χ0v) is 27.6. The van der Waals surface area contributed by atoms with Gasteiger partial charge < -0.3 is 14.6 Å². The van der Waals surface area contributed by atoms with Gasteiger partial charge >= 0.3 is 5.97 Å². The summed E-state index contributed by atoms with van der Waals surface area (Å²) in [6.07, 6.45) is 40.7. The first-order valence-electron chi connectivity index (χ1n) is 17.9. The molecule has 4 heteroatoms. The third-order valence-corrected chi connectivity index (χ3v) is 7.78. The highest BCUT2D eigenvalue weighted by Gasteiger charge is 2.13. The van der Waals surface area contributed by atoms with Crippen molar-refractivity contribution in [1.29, 1.82) is 0 Å². The summed E-state index contributed by atoms with van der Waals surface area (Å²) in [6.45, 7) is 5.31. The molecule has 1 unspecified atom stereocenters. The predicted molar refractivity (Wildman–Crippen MR) is 177 cm³/mol. The number of aliphatic hydroxyl groups excluding tert-OH is 1. The summed E-state index contributed by atoms with van der Waals surface area (Å²) < 4.78 is 11.1. The van der Waals surface area contributed by atoms with Gasteiger partial charge in [0.1, 0.15) is 6.10 Å². The third-order valence-electron chi connectivity index (χ3n) is 7.78. The number of hydrogen-bond acceptors (Lipinski definition) is 4. The molecular weight excluding hydrogens is 508 g/mol. The van der Waals surface area contributed by atoms with Crippen LogP contribution >= 0.6 is 0 Å². The van der Waals surface area contributed by atoms with Crippen molar-refractivity contribution < 1.29 is 19.4 Å². The molecule has 0 heterocycles. The number of ether oxygens (including phenoxy) is 2. The average Bonchev–Trinajstić information content (AvgIpc) is 2.98. The minimum atomic E-state index is -0.533. The minimum absolute atomic E-state index is 0.173. The van der Waals surface area contributed by atoms with Crippen LogP contribution in [0.1, 0.15) is 181 Å². The number of esters is 1. The molecule has 242 valence electrons.